The molecule has 13 heavy (non-hydrogen) atoms. The van der Waals surface area contributed by atoms with Crippen molar-refractivity contribution in [3.63, 3.8) is 0 Å². The summed E-state index contributed by atoms with van der Waals surface area (Å²) in [5.41, 5.74) is 3.61. The number of hydrogen-bond acceptors (Lipinski definition) is 2. The molecule has 1 aliphatic carbocycles. The topological polar surface area (TPSA) is 32.3 Å². The van der Waals surface area contributed by atoms with Gasteiger partial charge in [0.05, 0.1) is 6.10 Å². The zero-order valence-corrected chi connectivity index (χ0v) is 8.04. The van der Waals surface area contributed by atoms with Crippen molar-refractivity contribution in [1.82, 2.24) is 5.32 Å². The molecule has 0 aromatic heterocycles. The molecular formula is C11H15NO. The molecule has 2 atom stereocenters. The third-order valence-electron chi connectivity index (χ3n) is 2.90. The van der Waals surface area contributed by atoms with Gasteiger partial charge < -0.3 is 10.4 Å². The van der Waals surface area contributed by atoms with Crippen LogP contribution in [0.25, 0.3) is 0 Å². The van der Waals surface area contributed by atoms with Crippen LogP contribution in [0.5, 0.6) is 0 Å². The van der Waals surface area contributed by atoms with Crippen molar-refractivity contribution >= 4 is 0 Å². The van der Waals surface area contributed by atoms with E-state index in [1.807, 2.05) is 7.05 Å². The summed E-state index contributed by atoms with van der Waals surface area (Å²) in [7, 11) is 1.90. The summed E-state index contributed by atoms with van der Waals surface area (Å²) in [6, 6.07) is 6.40. The minimum absolute atomic E-state index is 0.191. The fraction of sp³-hybridized carbons (Fsp3) is 0.455. The monoisotopic (exact) mass is 177 g/mol. The molecule has 70 valence electrons. The Balaban J connectivity index is 2.44. The molecule has 0 radical (unpaired) electrons. The first-order chi connectivity index (χ1) is 6.24. The van der Waals surface area contributed by atoms with Crippen LogP contribution in [0.1, 0.15) is 22.8 Å². The fourth-order valence-corrected chi connectivity index (χ4v) is 2.15. The Bertz CT molecular complexity index is 322. The number of fused-ring (bicyclic) bond motifs is 1. The minimum atomic E-state index is -0.332. The molecule has 0 bridgehead atoms. The molecule has 1 aromatic carbocycles. The van der Waals surface area contributed by atoms with Crippen molar-refractivity contribution in [2.75, 3.05) is 7.05 Å². The molecule has 0 saturated heterocycles. The molecule has 2 N–H and O–H groups in total. The van der Waals surface area contributed by atoms with E-state index in [1.165, 1.54) is 11.1 Å². The van der Waals surface area contributed by atoms with E-state index in [-0.39, 0.29) is 12.1 Å². The van der Waals surface area contributed by atoms with Gasteiger partial charge in [-0.25, -0.2) is 0 Å². The van der Waals surface area contributed by atoms with Crippen LogP contribution in [0, 0.1) is 6.92 Å². The number of aryl methyl sites for hydroxylation is 1. The average molecular weight is 177 g/mol. The van der Waals surface area contributed by atoms with Crippen LogP contribution < -0.4 is 5.32 Å². The molecule has 0 saturated carbocycles. The third-order valence-corrected chi connectivity index (χ3v) is 2.90. The molecular weight excluding hydrogens is 162 g/mol. The lowest BCUT2D eigenvalue weighted by molar-refractivity contribution is 0.145. The van der Waals surface area contributed by atoms with Crippen LogP contribution in [-0.4, -0.2) is 18.2 Å². The molecule has 2 rings (SSSR count). The maximum atomic E-state index is 9.96. The summed E-state index contributed by atoms with van der Waals surface area (Å²) in [5, 5.41) is 13.1. The lowest BCUT2D eigenvalue weighted by Gasteiger charge is -2.14. The molecule has 0 spiro atoms. The second-order valence-electron chi connectivity index (χ2n) is 3.69. The average Bonchev–Trinajstić information content (AvgIpc) is 2.44. The van der Waals surface area contributed by atoms with Crippen molar-refractivity contribution in [3.8, 4) is 0 Å². The lowest BCUT2D eigenvalue weighted by atomic mass is 10.0. The van der Waals surface area contributed by atoms with E-state index in [9.17, 15) is 5.11 Å². The van der Waals surface area contributed by atoms with Gasteiger partial charge in [-0.15, -0.1) is 0 Å². The SMILES string of the molecule is CNC1Cc2cccc(C)c2C1O. The van der Waals surface area contributed by atoms with E-state index < -0.39 is 0 Å². The highest BCUT2D eigenvalue weighted by Crippen LogP contribution is 2.33. The Morgan fingerprint density at radius 2 is 2.23 bits per heavy atom. The standard InChI is InChI=1S/C11H15NO/c1-7-4-3-5-8-6-9(12-2)11(13)10(7)8/h3-5,9,11-13H,6H2,1-2H3. The predicted octanol–water partition coefficient (Wildman–Crippen LogP) is 1.17. The first kappa shape index (κ1) is 8.73. The number of nitrogens with one attached hydrogen (secondary N) is 1. The lowest BCUT2D eigenvalue weighted by Crippen LogP contribution is -2.29. The summed E-state index contributed by atoms with van der Waals surface area (Å²) in [4.78, 5) is 0. The maximum Gasteiger partial charge on any atom is 0.0951 e. The van der Waals surface area contributed by atoms with E-state index in [1.54, 1.807) is 0 Å². The molecule has 0 heterocycles. The minimum Gasteiger partial charge on any atom is -0.387 e. The molecule has 2 heteroatoms. The molecule has 0 aliphatic heterocycles. The Morgan fingerprint density at radius 3 is 2.85 bits per heavy atom. The summed E-state index contributed by atoms with van der Waals surface area (Å²) >= 11 is 0. The zero-order valence-electron chi connectivity index (χ0n) is 8.04. The van der Waals surface area contributed by atoms with Crippen LogP contribution in [0.2, 0.25) is 0 Å². The highest BCUT2D eigenvalue weighted by Gasteiger charge is 2.30. The van der Waals surface area contributed by atoms with Crippen molar-refractivity contribution in [2.45, 2.75) is 25.5 Å². The smallest absolute Gasteiger partial charge is 0.0951 e. The molecule has 1 aromatic rings. The first-order valence-electron chi connectivity index (χ1n) is 4.67. The first-order valence-corrected chi connectivity index (χ1v) is 4.67. The molecule has 2 unspecified atom stereocenters. The van der Waals surface area contributed by atoms with Crippen molar-refractivity contribution in [2.24, 2.45) is 0 Å². The summed E-state index contributed by atoms with van der Waals surface area (Å²) in [6.45, 7) is 2.06. The van der Waals surface area contributed by atoms with Gasteiger partial charge >= 0.3 is 0 Å². The van der Waals surface area contributed by atoms with Crippen molar-refractivity contribution in [3.05, 3.63) is 34.9 Å². The van der Waals surface area contributed by atoms with Crippen LogP contribution in [0.3, 0.4) is 0 Å². The van der Waals surface area contributed by atoms with Crippen LogP contribution >= 0.6 is 0 Å². The normalized spacial score (nSPS) is 26.1. The largest absolute Gasteiger partial charge is 0.387 e. The van der Waals surface area contributed by atoms with E-state index >= 15 is 0 Å². The summed E-state index contributed by atoms with van der Waals surface area (Å²) in [6.07, 6.45) is 0.607. The van der Waals surface area contributed by atoms with Gasteiger partial charge in [-0.3, -0.25) is 0 Å². The number of rotatable bonds is 1. The molecule has 1 aliphatic rings. The van der Waals surface area contributed by atoms with Gasteiger partial charge in [0.25, 0.3) is 0 Å². The fourth-order valence-electron chi connectivity index (χ4n) is 2.15. The van der Waals surface area contributed by atoms with Crippen LogP contribution in [-0.2, 0) is 6.42 Å². The molecule has 0 fully saturated rings. The van der Waals surface area contributed by atoms with E-state index in [2.05, 4.69) is 30.4 Å². The van der Waals surface area contributed by atoms with Crippen molar-refractivity contribution < 1.29 is 5.11 Å². The third kappa shape index (κ3) is 1.26. The number of aliphatic hydroxyl groups excluding tert-OH is 1. The number of hydrogen-bond donors (Lipinski definition) is 2. The van der Waals surface area contributed by atoms with Gasteiger partial charge in [0.2, 0.25) is 0 Å². The second-order valence-corrected chi connectivity index (χ2v) is 3.69. The van der Waals surface area contributed by atoms with E-state index in [0.29, 0.717) is 0 Å². The van der Waals surface area contributed by atoms with Gasteiger partial charge in [0.1, 0.15) is 0 Å². The van der Waals surface area contributed by atoms with Crippen LogP contribution in [0.15, 0.2) is 18.2 Å². The van der Waals surface area contributed by atoms with Crippen molar-refractivity contribution in [1.29, 1.82) is 0 Å². The van der Waals surface area contributed by atoms with E-state index in [4.69, 9.17) is 0 Å². The molecule has 0 amide bonds. The Labute approximate surface area is 78.6 Å². The van der Waals surface area contributed by atoms with Gasteiger partial charge in [-0.05, 0) is 37.1 Å². The quantitative estimate of drug-likeness (QED) is 0.675. The summed E-state index contributed by atoms with van der Waals surface area (Å²) in [5.74, 6) is 0. The Kier molecular flexibility index (Phi) is 2.10. The van der Waals surface area contributed by atoms with Gasteiger partial charge in [-0.1, -0.05) is 18.2 Å². The summed E-state index contributed by atoms with van der Waals surface area (Å²) < 4.78 is 0. The Hall–Kier alpha value is -0.860. The van der Waals surface area contributed by atoms with E-state index in [0.717, 1.165) is 12.0 Å². The second kappa shape index (κ2) is 3.13. The number of likely N-dealkylation sites (N-methyl/N-ethyl adjacent to an activating group) is 1. The highest BCUT2D eigenvalue weighted by atomic mass is 16.3. The highest BCUT2D eigenvalue weighted by molar-refractivity contribution is 5.41. The molecule has 2 nitrogen and oxygen atoms in total. The maximum absolute atomic E-state index is 9.96. The zero-order chi connectivity index (χ0) is 9.42. The number of benzene rings is 1. The van der Waals surface area contributed by atoms with Gasteiger partial charge in [0.15, 0.2) is 0 Å². The van der Waals surface area contributed by atoms with Crippen LogP contribution in [0.4, 0.5) is 0 Å². The Morgan fingerprint density at radius 1 is 1.46 bits per heavy atom. The van der Waals surface area contributed by atoms with Gasteiger partial charge in [0, 0.05) is 6.04 Å². The van der Waals surface area contributed by atoms with Gasteiger partial charge in [-0.2, -0.15) is 0 Å². The predicted molar refractivity (Wildman–Crippen MR) is 52.7 cm³/mol. The number of aliphatic hydroxyl groups is 1.